The Bertz CT molecular complexity index is 2680. The van der Waals surface area contributed by atoms with E-state index in [1.807, 2.05) is 0 Å². The largest absolute Gasteiger partial charge is 0.472 e. The predicted octanol–water partition coefficient (Wildman–Crippen LogP) is 23.8. The normalized spacial score (nSPS) is 14.7. The van der Waals surface area contributed by atoms with Gasteiger partial charge in [0.15, 0.2) is 12.2 Å². The molecule has 0 saturated heterocycles. The van der Waals surface area contributed by atoms with Gasteiger partial charge >= 0.3 is 39.5 Å². The van der Waals surface area contributed by atoms with E-state index in [1.54, 1.807) is 0 Å². The van der Waals surface area contributed by atoms with Gasteiger partial charge in [-0.2, -0.15) is 0 Å². The van der Waals surface area contributed by atoms with Gasteiger partial charge in [-0.3, -0.25) is 37.3 Å². The number of esters is 4. The number of phosphoric acid groups is 2. The molecule has 0 amide bonds. The molecule has 0 aromatic carbocycles. The van der Waals surface area contributed by atoms with Crippen molar-refractivity contribution in [3.8, 4) is 0 Å². The Morgan fingerprint density at radius 2 is 0.491 bits per heavy atom. The van der Waals surface area contributed by atoms with Gasteiger partial charge in [0.05, 0.1) is 26.4 Å². The van der Waals surface area contributed by atoms with Crippen molar-refractivity contribution in [1.29, 1.82) is 0 Å². The SMILES string of the molecule is CC/C=C\C/C=C\C/C=C\C/C=C\C/C=C\CCCCCC(=O)OCC(COP(=O)(O)OCC(O)COP(=O)(O)OCC(COC(=O)CCCCC/C=C\C/C=C\C/C=C\C/C=C\C/C=C\CC)OC(=O)CCCCCCC/C=C\CCCCCC)OC(=O)CCCCCCC/C=C\C/C=C\C/C=C\CC. The number of rotatable bonds is 74. The molecule has 0 radical (unpaired) electrons. The molecule has 0 spiro atoms. The van der Waals surface area contributed by atoms with Crippen LogP contribution in [-0.2, 0) is 65.4 Å². The van der Waals surface area contributed by atoms with E-state index in [1.165, 1.54) is 25.7 Å². The first-order valence-corrected chi connectivity index (χ1v) is 43.4. The molecule has 0 rings (SSSR count). The summed E-state index contributed by atoms with van der Waals surface area (Å²) in [5.41, 5.74) is 0. The van der Waals surface area contributed by atoms with E-state index in [9.17, 15) is 43.2 Å². The van der Waals surface area contributed by atoms with Crippen LogP contribution in [0.2, 0.25) is 0 Å². The summed E-state index contributed by atoms with van der Waals surface area (Å²) in [6, 6.07) is 0. The van der Waals surface area contributed by atoms with Crippen molar-refractivity contribution in [2.24, 2.45) is 0 Å². The van der Waals surface area contributed by atoms with Gasteiger partial charge in [0.1, 0.15) is 19.3 Å². The van der Waals surface area contributed by atoms with Crippen LogP contribution in [0.25, 0.3) is 0 Å². The van der Waals surface area contributed by atoms with Crippen LogP contribution >= 0.6 is 15.6 Å². The van der Waals surface area contributed by atoms with Crippen LogP contribution in [0.15, 0.2) is 170 Å². The van der Waals surface area contributed by atoms with Gasteiger partial charge in [-0.05, 0) is 173 Å². The second-order valence-corrected chi connectivity index (χ2v) is 29.1. The van der Waals surface area contributed by atoms with E-state index in [4.69, 9.17) is 37.0 Å². The Hall–Kier alpha value is -5.58. The lowest BCUT2D eigenvalue weighted by atomic mass is 10.1. The van der Waals surface area contributed by atoms with Gasteiger partial charge in [-0.25, -0.2) is 9.13 Å². The third-order valence-corrected chi connectivity index (χ3v) is 18.1. The highest BCUT2D eigenvalue weighted by Gasteiger charge is 2.30. The van der Waals surface area contributed by atoms with Crippen LogP contribution in [0.4, 0.5) is 0 Å². The van der Waals surface area contributed by atoms with Crippen LogP contribution in [0.3, 0.4) is 0 Å². The number of carbonyl (C=O) groups excluding carboxylic acids is 4. The monoisotopic (exact) mass is 1520 g/mol. The summed E-state index contributed by atoms with van der Waals surface area (Å²) >= 11 is 0. The minimum atomic E-state index is -5.00. The summed E-state index contributed by atoms with van der Waals surface area (Å²) < 4.78 is 68.6. The number of carbonyl (C=O) groups is 4. The van der Waals surface area contributed by atoms with Crippen molar-refractivity contribution < 1.29 is 80.2 Å². The highest BCUT2D eigenvalue weighted by atomic mass is 31.2. The Balaban J connectivity index is 5.44. The summed E-state index contributed by atoms with van der Waals surface area (Å²) in [5.74, 6) is -2.29. The number of aliphatic hydroxyl groups excluding tert-OH is 1. The smallest absolute Gasteiger partial charge is 0.462 e. The van der Waals surface area contributed by atoms with Gasteiger partial charge in [-0.1, -0.05) is 268 Å². The van der Waals surface area contributed by atoms with Crippen molar-refractivity contribution in [2.75, 3.05) is 39.6 Å². The molecule has 5 atom stereocenters. The molecule has 3 N–H and O–H groups in total. The zero-order valence-electron chi connectivity index (χ0n) is 65.8. The van der Waals surface area contributed by atoms with Crippen LogP contribution in [0.1, 0.15) is 297 Å². The Morgan fingerprint density at radius 3 is 0.774 bits per heavy atom. The minimum Gasteiger partial charge on any atom is -0.462 e. The number of ether oxygens (including phenoxy) is 4. The van der Waals surface area contributed by atoms with Gasteiger partial charge in [0.2, 0.25) is 0 Å². The molecule has 0 aliphatic heterocycles. The maximum atomic E-state index is 13.1. The van der Waals surface area contributed by atoms with E-state index < -0.39 is 97.5 Å². The van der Waals surface area contributed by atoms with Crippen molar-refractivity contribution in [2.45, 2.75) is 316 Å². The summed E-state index contributed by atoms with van der Waals surface area (Å²) in [5, 5.41) is 10.6. The highest BCUT2D eigenvalue weighted by molar-refractivity contribution is 7.47. The van der Waals surface area contributed by atoms with Crippen LogP contribution in [0, 0.1) is 0 Å². The fraction of sp³-hybridized carbons (Fsp3) is 0.632. The number of hydrogen-bond donors (Lipinski definition) is 3. The van der Waals surface area contributed by atoms with Crippen LogP contribution in [0.5, 0.6) is 0 Å². The number of allylic oxidation sites excluding steroid dienone is 28. The zero-order chi connectivity index (χ0) is 77.4. The average Bonchev–Trinajstić information content (AvgIpc) is 0.933. The Morgan fingerprint density at radius 1 is 0.274 bits per heavy atom. The molecule has 5 unspecified atom stereocenters. The van der Waals surface area contributed by atoms with Gasteiger partial charge in [0.25, 0.3) is 0 Å². The lowest BCUT2D eigenvalue weighted by Gasteiger charge is -2.21. The molecule has 602 valence electrons. The van der Waals surface area contributed by atoms with Crippen molar-refractivity contribution in [3.05, 3.63) is 170 Å². The molecule has 0 aliphatic carbocycles. The fourth-order valence-corrected chi connectivity index (χ4v) is 11.7. The Labute approximate surface area is 642 Å². The van der Waals surface area contributed by atoms with E-state index in [0.717, 1.165) is 193 Å². The first-order chi connectivity index (χ1) is 51.7. The highest BCUT2D eigenvalue weighted by Crippen LogP contribution is 2.45. The van der Waals surface area contributed by atoms with Gasteiger partial charge in [-0.15, -0.1) is 0 Å². The summed E-state index contributed by atoms with van der Waals surface area (Å²) in [6.45, 7) is 4.41. The van der Waals surface area contributed by atoms with Gasteiger partial charge in [0, 0.05) is 25.7 Å². The van der Waals surface area contributed by atoms with Gasteiger partial charge < -0.3 is 33.8 Å². The topological polar surface area (TPSA) is 237 Å². The number of aliphatic hydroxyl groups is 1. The predicted molar refractivity (Wildman–Crippen MR) is 436 cm³/mol. The standard InChI is InChI=1S/C87H142O17P2/c1-5-9-13-17-21-25-29-33-36-38-40-42-45-48-51-55-59-63-67-71-84(89)97-77-82(103-86(91)73-69-65-61-57-53-47-32-28-24-20-16-12-8-4)79-101-105(93,94)99-75-81(88)76-100-106(95,96)102-80-83(104-87(92)74-70-66-62-58-54-50-44-35-31-27-23-19-15-11-7-3)78-98-85(90)72-68-64-60-56-52-49-46-43-41-39-37-34-30-26-22-18-14-10-6-2/h9-11,13-15,21-23,25-28,32-37,40-44,48-49,51-52,81-83,88H,5-8,12,16-20,24,29-31,38-39,45-47,50,53-80H2,1-4H3,(H,93,94)(H,95,96)/b13-9-,14-10-,15-11-,25-21-,26-22-,27-23-,32-28-,36-33-,37-34-,42-40-,43-41-,44-35-,51-48-,52-49-. The first kappa shape index (κ1) is 100. The molecule has 0 aliphatic rings. The van der Waals surface area contributed by atoms with E-state index >= 15 is 0 Å². The minimum absolute atomic E-state index is 0.0611. The molecule has 0 saturated carbocycles. The number of unbranched alkanes of at least 4 members (excludes halogenated alkanes) is 20. The average molecular weight is 1520 g/mol. The molecule has 0 heterocycles. The Kier molecular flexibility index (Phi) is 73.5. The molecule has 0 aromatic heterocycles. The second kappa shape index (κ2) is 77.6. The maximum absolute atomic E-state index is 13.1. The molecule has 0 bridgehead atoms. The van der Waals surface area contributed by atoms with Crippen molar-refractivity contribution in [1.82, 2.24) is 0 Å². The van der Waals surface area contributed by atoms with Crippen LogP contribution < -0.4 is 0 Å². The maximum Gasteiger partial charge on any atom is 0.472 e. The molecule has 19 heteroatoms. The first-order valence-electron chi connectivity index (χ1n) is 40.4. The number of hydrogen-bond acceptors (Lipinski definition) is 15. The third kappa shape index (κ3) is 76.6. The fourth-order valence-electron chi connectivity index (χ4n) is 10.1. The van der Waals surface area contributed by atoms with E-state index in [-0.39, 0.29) is 25.7 Å². The molecular formula is C87H142O17P2. The lowest BCUT2D eigenvalue weighted by Crippen LogP contribution is -2.30. The molecule has 0 fully saturated rings. The summed E-state index contributed by atoms with van der Waals surface area (Å²) in [4.78, 5) is 73.1. The van der Waals surface area contributed by atoms with E-state index in [0.29, 0.717) is 25.7 Å². The molecule has 0 aromatic rings. The summed E-state index contributed by atoms with van der Waals surface area (Å²) in [7, 11) is -10.00. The zero-order valence-corrected chi connectivity index (χ0v) is 67.6. The molecular weight excluding hydrogens is 1380 g/mol. The molecule has 106 heavy (non-hydrogen) atoms. The van der Waals surface area contributed by atoms with Crippen molar-refractivity contribution in [3.63, 3.8) is 0 Å². The van der Waals surface area contributed by atoms with E-state index in [2.05, 4.69) is 198 Å². The third-order valence-electron chi connectivity index (χ3n) is 16.2. The number of phosphoric ester groups is 2. The van der Waals surface area contributed by atoms with Crippen molar-refractivity contribution >= 4 is 39.5 Å². The lowest BCUT2D eigenvalue weighted by molar-refractivity contribution is -0.161. The summed E-state index contributed by atoms with van der Waals surface area (Å²) in [6.07, 6.45) is 91.9. The van der Waals surface area contributed by atoms with Crippen LogP contribution in [-0.4, -0.2) is 96.7 Å². The molecule has 17 nitrogen and oxygen atoms in total. The quantitative estimate of drug-likeness (QED) is 0.0169. The second-order valence-electron chi connectivity index (χ2n) is 26.2.